The summed E-state index contributed by atoms with van der Waals surface area (Å²) in [5.74, 6) is 0.487. The van der Waals surface area contributed by atoms with Crippen molar-refractivity contribution in [1.29, 1.82) is 0 Å². The highest BCUT2D eigenvalue weighted by Gasteiger charge is 2.19. The summed E-state index contributed by atoms with van der Waals surface area (Å²) >= 11 is 0. The van der Waals surface area contributed by atoms with Crippen molar-refractivity contribution < 1.29 is 17.9 Å². The van der Waals surface area contributed by atoms with Gasteiger partial charge in [-0.15, -0.1) is 0 Å². The number of sulfonamides is 1. The molecule has 6 nitrogen and oxygen atoms in total. The van der Waals surface area contributed by atoms with Crippen LogP contribution in [0.2, 0.25) is 0 Å². The molecular formula is C11H16N2O4S. The van der Waals surface area contributed by atoms with E-state index >= 15 is 0 Å². The smallest absolute Gasteiger partial charge is 0.240 e. The molecule has 0 aromatic heterocycles. The van der Waals surface area contributed by atoms with Crippen molar-refractivity contribution in [3.8, 4) is 5.75 Å². The van der Waals surface area contributed by atoms with Crippen molar-refractivity contribution in [2.75, 3.05) is 26.0 Å². The maximum absolute atomic E-state index is 11.6. The molecule has 1 heterocycles. The highest BCUT2D eigenvalue weighted by molar-refractivity contribution is 7.89. The summed E-state index contributed by atoms with van der Waals surface area (Å²) < 4.78 is 36.2. The number of anilines is 1. The Labute approximate surface area is 106 Å². The number of benzene rings is 1. The van der Waals surface area contributed by atoms with Crippen molar-refractivity contribution in [2.45, 2.75) is 17.4 Å². The molecular weight excluding hydrogens is 256 g/mol. The Hall–Kier alpha value is -1.31. The van der Waals surface area contributed by atoms with Gasteiger partial charge in [-0.25, -0.2) is 13.1 Å². The molecule has 1 saturated heterocycles. The van der Waals surface area contributed by atoms with E-state index < -0.39 is 10.0 Å². The Morgan fingerprint density at radius 1 is 1.50 bits per heavy atom. The fourth-order valence-corrected chi connectivity index (χ4v) is 2.47. The Bertz CT molecular complexity index is 524. The van der Waals surface area contributed by atoms with Gasteiger partial charge in [0, 0.05) is 6.42 Å². The summed E-state index contributed by atoms with van der Waals surface area (Å²) in [6.07, 6.45) is 0.801. The number of nitrogens with two attached hydrogens (primary N) is 1. The third-order valence-corrected chi connectivity index (χ3v) is 4.15. The fraction of sp³-hybridized carbons (Fsp3) is 0.455. The van der Waals surface area contributed by atoms with Gasteiger partial charge < -0.3 is 15.2 Å². The highest BCUT2D eigenvalue weighted by Crippen LogP contribution is 2.27. The molecule has 18 heavy (non-hydrogen) atoms. The molecule has 0 saturated carbocycles. The first kappa shape index (κ1) is 13.1. The van der Waals surface area contributed by atoms with Crippen molar-refractivity contribution >= 4 is 15.7 Å². The molecule has 1 aromatic carbocycles. The largest absolute Gasteiger partial charge is 0.486 e. The first-order chi connectivity index (χ1) is 8.53. The minimum atomic E-state index is -3.47. The van der Waals surface area contributed by atoms with Crippen LogP contribution in [0.5, 0.6) is 5.75 Å². The number of rotatable bonds is 4. The SMILES string of the molecule is CNS(=O)(=O)c1ccc(OC2CCOC2)c(N)c1. The lowest BCUT2D eigenvalue weighted by atomic mass is 10.3. The lowest BCUT2D eigenvalue weighted by Gasteiger charge is -2.14. The van der Waals surface area contributed by atoms with Gasteiger partial charge in [-0.05, 0) is 25.2 Å². The van der Waals surface area contributed by atoms with Crippen LogP contribution in [0.4, 0.5) is 5.69 Å². The first-order valence-corrected chi connectivity index (χ1v) is 7.09. The minimum Gasteiger partial charge on any atom is -0.486 e. The van der Waals surface area contributed by atoms with E-state index in [0.717, 1.165) is 6.42 Å². The zero-order chi connectivity index (χ0) is 13.2. The van der Waals surface area contributed by atoms with Crippen LogP contribution >= 0.6 is 0 Å². The zero-order valence-electron chi connectivity index (χ0n) is 10.0. The van der Waals surface area contributed by atoms with E-state index in [1.807, 2.05) is 0 Å². The van der Waals surface area contributed by atoms with Crippen LogP contribution in [0, 0.1) is 0 Å². The summed E-state index contributed by atoms with van der Waals surface area (Å²) in [5, 5.41) is 0. The predicted octanol–water partition coefficient (Wildman–Crippen LogP) is 0.345. The second kappa shape index (κ2) is 5.13. The van der Waals surface area contributed by atoms with E-state index in [0.29, 0.717) is 24.7 Å². The van der Waals surface area contributed by atoms with Crippen LogP contribution < -0.4 is 15.2 Å². The van der Waals surface area contributed by atoms with Gasteiger partial charge in [0.25, 0.3) is 0 Å². The Balaban J connectivity index is 2.19. The molecule has 0 amide bonds. The van der Waals surface area contributed by atoms with E-state index in [1.54, 1.807) is 6.07 Å². The van der Waals surface area contributed by atoms with Gasteiger partial charge in [0.1, 0.15) is 11.9 Å². The van der Waals surface area contributed by atoms with Crippen molar-refractivity contribution in [3.63, 3.8) is 0 Å². The molecule has 1 atom stereocenters. The van der Waals surface area contributed by atoms with Gasteiger partial charge in [0.15, 0.2) is 0 Å². The summed E-state index contributed by atoms with van der Waals surface area (Å²) in [4.78, 5) is 0.123. The molecule has 1 aliphatic heterocycles. The molecule has 1 aliphatic rings. The molecule has 1 fully saturated rings. The van der Waals surface area contributed by atoms with Gasteiger partial charge in [0.05, 0.1) is 23.8 Å². The Morgan fingerprint density at radius 3 is 2.83 bits per heavy atom. The van der Waals surface area contributed by atoms with Gasteiger partial charge in [-0.3, -0.25) is 0 Å². The van der Waals surface area contributed by atoms with E-state index in [1.165, 1.54) is 19.2 Å². The maximum Gasteiger partial charge on any atom is 0.240 e. The summed E-state index contributed by atoms with van der Waals surface area (Å²) in [5.41, 5.74) is 6.10. The number of hydrogen-bond donors (Lipinski definition) is 2. The van der Waals surface area contributed by atoms with Crippen LogP contribution in [0.25, 0.3) is 0 Å². The van der Waals surface area contributed by atoms with Crippen molar-refractivity contribution in [1.82, 2.24) is 4.72 Å². The molecule has 1 unspecified atom stereocenters. The average molecular weight is 272 g/mol. The molecule has 100 valence electrons. The maximum atomic E-state index is 11.6. The summed E-state index contributed by atoms with van der Waals surface area (Å²) in [7, 11) is -2.12. The number of ether oxygens (including phenoxy) is 2. The Kier molecular flexibility index (Phi) is 3.74. The molecule has 1 aromatic rings. The van der Waals surface area contributed by atoms with Crippen LogP contribution in [-0.4, -0.2) is 34.8 Å². The first-order valence-electron chi connectivity index (χ1n) is 5.60. The zero-order valence-corrected chi connectivity index (χ0v) is 10.9. The fourth-order valence-electron chi connectivity index (χ4n) is 1.70. The van der Waals surface area contributed by atoms with E-state index in [4.69, 9.17) is 15.2 Å². The van der Waals surface area contributed by atoms with E-state index in [-0.39, 0.29) is 11.0 Å². The van der Waals surface area contributed by atoms with Crippen molar-refractivity contribution in [3.05, 3.63) is 18.2 Å². The standard InChI is InChI=1S/C11H16N2O4S/c1-13-18(14,15)9-2-3-11(10(12)6-9)17-8-4-5-16-7-8/h2-3,6,8,13H,4-5,7,12H2,1H3. The molecule has 0 aliphatic carbocycles. The second-order valence-electron chi connectivity index (χ2n) is 4.01. The molecule has 0 radical (unpaired) electrons. The van der Waals surface area contributed by atoms with Crippen LogP contribution in [0.1, 0.15) is 6.42 Å². The normalized spacial score (nSPS) is 19.9. The molecule has 3 N–H and O–H groups in total. The lowest BCUT2D eigenvalue weighted by molar-refractivity contribution is 0.142. The molecule has 2 rings (SSSR count). The third-order valence-electron chi connectivity index (χ3n) is 2.74. The number of hydrogen-bond acceptors (Lipinski definition) is 5. The third kappa shape index (κ3) is 2.74. The van der Waals surface area contributed by atoms with E-state index in [9.17, 15) is 8.42 Å². The summed E-state index contributed by atoms with van der Waals surface area (Å²) in [6.45, 7) is 1.22. The topological polar surface area (TPSA) is 90.7 Å². The van der Waals surface area contributed by atoms with Crippen LogP contribution in [0.3, 0.4) is 0 Å². The average Bonchev–Trinajstić information content (AvgIpc) is 2.84. The van der Waals surface area contributed by atoms with E-state index in [2.05, 4.69) is 4.72 Å². The monoisotopic (exact) mass is 272 g/mol. The van der Waals surface area contributed by atoms with Gasteiger partial charge in [0.2, 0.25) is 10.0 Å². The van der Waals surface area contributed by atoms with Crippen LogP contribution in [-0.2, 0) is 14.8 Å². The Morgan fingerprint density at radius 2 is 2.28 bits per heavy atom. The van der Waals surface area contributed by atoms with Crippen LogP contribution in [0.15, 0.2) is 23.1 Å². The number of nitrogen functional groups attached to an aromatic ring is 1. The number of nitrogens with one attached hydrogen (secondary N) is 1. The van der Waals surface area contributed by atoms with Gasteiger partial charge in [-0.1, -0.05) is 0 Å². The quantitative estimate of drug-likeness (QED) is 0.772. The van der Waals surface area contributed by atoms with Gasteiger partial charge >= 0.3 is 0 Å². The second-order valence-corrected chi connectivity index (χ2v) is 5.90. The lowest BCUT2D eigenvalue weighted by Crippen LogP contribution is -2.19. The molecule has 0 spiro atoms. The minimum absolute atomic E-state index is 0.0148. The molecule has 7 heteroatoms. The van der Waals surface area contributed by atoms with Gasteiger partial charge in [-0.2, -0.15) is 0 Å². The summed E-state index contributed by atoms with van der Waals surface area (Å²) in [6, 6.07) is 4.42. The molecule has 0 bridgehead atoms. The van der Waals surface area contributed by atoms with Crippen molar-refractivity contribution in [2.24, 2.45) is 0 Å². The predicted molar refractivity (Wildman–Crippen MR) is 67.0 cm³/mol. The highest BCUT2D eigenvalue weighted by atomic mass is 32.2.